The number of hydrogen-bond donors (Lipinski definition) is 2. The molecule has 1 aliphatic rings. The number of imide groups is 1. The van der Waals surface area contributed by atoms with Gasteiger partial charge in [-0.05, 0) is 31.0 Å². The van der Waals surface area contributed by atoms with Crippen molar-refractivity contribution >= 4 is 29.6 Å². The fraction of sp³-hybridized carbons (Fsp3) is 0.250. The molecule has 2 N–H and O–H groups in total. The molecular formula is C20H21N3O3S. The number of benzene rings is 2. The molecule has 0 saturated carbocycles. The van der Waals surface area contributed by atoms with Crippen LogP contribution in [-0.4, -0.2) is 28.6 Å². The van der Waals surface area contributed by atoms with Gasteiger partial charge in [-0.2, -0.15) is 5.01 Å². The van der Waals surface area contributed by atoms with Gasteiger partial charge in [-0.25, -0.2) is 4.79 Å². The predicted molar refractivity (Wildman–Crippen MR) is 104 cm³/mol. The van der Waals surface area contributed by atoms with E-state index in [0.717, 1.165) is 15.5 Å². The van der Waals surface area contributed by atoms with Gasteiger partial charge in [0.15, 0.2) is 0 Å². The minimum atomic E-state index is -1.16. The Morgan fingerprint density at radius 1 is 1.11 bits per heavy atom. The van der Waals surface area contributed by atoms with Crippen molar-refractivity contribution in [3.8, 4) is 0 Å². The van der Waals surface area contributed by atoms with Crippen LogP contribution in [0.3, 0.4) is 0 Å². The number of urea groups is 1. The Hall–Kier alpha value is -2.80. The van der Waals surface area contributed by atoms with Crippen LogP contribution in [-0.2, 0) is 15.1 Å². The Kier molecular flexibility index (Phi) is 5.51. The summed E-state index contributed by atoms with van der Waals surface area (Å²) in [4.78, 5) is 38.5. The van der Waals surface area contributed by atoms with Crippen molar-refractivity contribution in [3.63, 3.8) is 0 Å². The third kappa shape index (κ3) is 3.83. The largest absolute Gasteiger partial charge is 0.344 e. The first-order chi connectivity index (χ1) is 13.0. The highest BCUT2D eigenvalue weighted by Gasteiger charge is 2.52. The van der Waals surface area contributed by atoms with Gasteiger partial charge < -0.3 is 5.32 Å². The molecule has 0 spiro atoms. The number of hydrazine groups is 1. The average molecular weight is 383 g/mol. The zero-order chi connectivity index (χ0) is 19.4. The van der Waals surface area contributed by atoms with E-state index in [1.165, 1.54) is 11.8 Å². The number of nitrogens with one attached hydrogen (secondary N) is 2. The number of carbonyl (C=O) groups is 3. The van der Waals surface area contributed by atoms with E-state index in [0.29, 0.717) is 12.0 Å². The van der Waals surface area contributed by atoms with Crippen LogP contribution in [0.5, 0.6) is 0 Å². The molecule has 1 heterocycles. The molecule has 1 fully saturated rings. The summed E-state index contributed by atoms with van der Waals surface area (Å²) >= 11 is 1.34. The van der Waals surface area contributed by atoms with Gasteiger partial charge in [-0.15, -0.1) is 11.8 Å². The Morgan fingerprint density at radius 3 is 2.41 bits per heavy atom. The van der Waals surface area contributed by atoms with Crippen molar-refractivity contribution < 1.29 is 14.4 Å². The van der Waals surface area contributed by atoms with Crippen LogP contribution in [0.25, 0.3) is 0 Å². The lowest BCUT2D eigenvalue weighted by atomic mass is 9.87. The molecule has 27 heavy (non-hydrogen) atoms. The van der Waals surface area contributed by atoms with Crippen LogP contribution in [0.4, 0.5) is 4.79 Å². The van der Waals surface area contributed by atoms with Gasteiger partial charge in [0.2, 0.25) is 5.91 Å². The van der Waals surface area contributed by atoms with E-state index in [1.807, 2.05) is 56.3 Å². The third-order valence-corrected chi connectivity index (χ3v) is 5.53. The first-order valence-electron chi connectivity index (χ1n) is 8.67. The van der Waals surface area contributed by atoms with Crippen molar-refractivity contribution in [2.75, 3.05) is 5.75 Å². The van der Waals surface area contributed by atoms with Crippen LogP contribution in [0.15, 0.2) is 59.5 Å². The molecule has 1 saturated heterocycles. The molecule has 1 atom stereocenters. The summed E-state index contributed by atoms with van der Waals surface area (Å²) in [6.45, 7) is 3.81. The number of aryl methyl sites for hydroxylation is 1. The minimum absolute atomic E-state index is 0.102. The summed E-state index contributed by atoms with van der Waals surface area (Å²) in [7, 11) is 0. The SMILES string of the molecule is CCC1(c2ccccc2)NC(=O)N(NC(=O)CSc2ccc(C)cc2)C1=O. The number of nitrogens with zero attached hydrogens (tertiary/aromatic N) is 1. The monoisotopic (exact) mass is 383 g/mol. The van der Waals surface area contributed by atoms with Crippen molar-refractivity contribution in [2.45, 2.75) is 30.7 Å². The highest BCUT2D eigenvalue weighted by Crippen LogP contribution is 2.31. The molecule has 6 nitrogen and oxygen atoms in total. The van der Waals surface area contributed by atoms with Crippen LogP contribution >= 0.6 is 11.8 Å². The van der Waals surface area contributed by atoms with E-state index in [9.17, 15) is 14.4 Å². The second kappa shape index (κ2) is 7.84. The van der Waals surface area contributed by atoms with Gasteiger partial charge >= 0.3 is 6.03 Å². The Balaban J connectivity index is 1.68. The van der Waals surface area contributed by atoms with Crippen LogP contribution < -0.4 is 10.7 Å². The topological polar surface area (TPSA) is 78.5 Å². The van der Waals surface area contributed by atoms with Gasteiger partial charge in [0.25, 0.3) is 5.91 Å². The molecule has 0 radical (unpaired) electrons. The molecule has 3 rings (SSSR count). The molecule has 2 aromatic rings. The number of amides is 4. The Labute approximate surface area is 162 Å². The van der Waals surface area contributed by atoms with Gasteiger partial charge in [0, 0.05) is 4.90 Å². The number of carbonyl (C=O) groups excluding carboxylic acids is 3. The zero-order valence-corrected chi connectivity index (χ0v) is 16.0. The summed E-state index contributed by atoms with van der Waals surface area (Å²) in [5, 5.41) is 3.52. The normalized spacial score (nSPS) is 19.1. The van der Waals surface area contributed by atoms with Gasteiger partial charge in [0.05, 0.1) is 5.75 Å². The lowest BCUT2D eigenvalue weighted by Crippen LogP contribution is -2.49. The summed E-state index contributed by atoms with van der Waals surface area (Å²) < 4.78 is 0. The Morgan fingerprint density at radius 2 is 1.78 bits per heavy atom. The fourth-order valence-corrected chi connectivity index (χ4v) is 3.67. The molecule has 0 aromatic heterocycles. The van der Waals surface area contributed by atoms with E-state index in [-0.39, 0.29) is 5.75 Å². The standard InChI is InChI=1S/C20H21N3O3S/c1-3-20(15-7-5-4-6-8-15)18(25)23(19(26)21-20)22-17(24)13-27-16-11-9-14(2)10-12-16/h4-12H,3,13H2,1-2H3,(H,21,26)(H,22,24). The molecule has 140 valence electrons. The second-order valence-corrected chi connectivity index (χ2v) is 7.38. The smallest absolute Gasteiger partial charge is 0.318 e. The molecule has 1 unspecified atom stereocenters. The van der Waals surface area contributed by atoms with Gasteiger partial charge in [-0.1, -0.05) is 55.0 Å². The maximum atomic E-state index is 12.9. The number of thioether (sulfide) groups is 1. The summed E-state index contributed by atoms with van der Waals surface area (Å²) in [6, 6.07) is 16.2. The minimum Gasteiger partial charge on any atom is -0.318 e. The van der Waals surface area contributed by atoms with Crippen molar-refractivity contribution in [1.29, 1.82) is 0 Å². The summed E-state index contributed by atoms with van der Waals surface area (Å²) in [5.74, 6) is -0.788. The molecular weight excluding hydrogens is 362 g/mol. The summed E-state index contributed by atoms with van der Waals surface area (Å²) in [6.07, 6.45) is 0.381. The second-order valence-electron chi connectivity index (χ2n) is 6.33. The van der Waals surface area contributed by atoms with E-state index >= 15 is 0 Å². The van der Waals surface area contributed by atoms with Crippen LogP contribution in [0.1, 0.15) is 24.5 Å². The molecule has 0 aliphatic carbocycles. The predicted octanol–water partition coefficient (Wildman–Crippen LogP) is 2.98. The molecule has 2 aromatic carbocycles. The van der Waals surface area contributed by atoms with E-state index in [1.54, 1.807) is 12.1 Å². The quantitative estimate of drug-likeness (QED) is 0.594. The van der Waals surface area contributed by atoms with E-state index in [4.69, 9.17) is 0 Å². The Bertz CT molecular complexity index is 855. The fourth-order valence-electron chi connectivity index (χ4n) is 2.98. The van der Waals surface area contributed by atoms with E-state index < -0.39 is 23.4 Å². The summed E-state index contributed by atoms with van der Waals surface area (Å²) in [5.41, 5.74) is 3.10. The van der Waals surface area contributed by atoms with E-state index in [2.05, 4.69) is 10.7 Å². The van der Waals surface area contributed by atoms with Crippen molar-refractivity contribution in [1.82, 2.24) is 15.8 Å². The van der Waals surface area contributed by atoms with Crippen LogP contribution in [0.2, 0.25) is 0 Å². The first-order valence-corrected chi connectivity index (χ1v) is 9.66. The third-order valence-electron chi connectivity index (χ3n) is 4.52. The van der Waals surface area contributed by atoms with Gasteiger partial charge in [-0.3, -0.25) is 15.0 Å². The first kappa shape index (κ1) is 19.0. The average Bonchev–Trinajstić information content (AvgIpc) is 2.93. The van der Waals surface area contributed by atoms with Crippen LogP contribution in [0, 0.1) is 6.92 Å². The maximum Gasteiger partial charge on any atom is 0.344 e. The molecule has 1 aliphatic heterocycles. The lowest BCUT2D eigenvalue weighted by molar-refractivity contribution is -0.138. The zero-order valence-electron chi connectivity index (χ0n) is 15.2. The molecule has 7 heteroatoms. The molecule has 4 amide bonds. The highest BCUT2D eigenvalue weighted by molar-refractivity contribution is 8.00. The van der Waals surface area contributed by atoms with Gasteiger partial charge in [0.1, 0.15) is 5.54 Å². The molecule has 0 bridgehead atoms. The van der Waals surface area contributed by atoms with Crippen molar-refractivity contribution in [2.24, 2.45) is 0 Å². The number of hydrogen-bond acceptors (Lipinski definition) is 4. The van der Waals surface area contributed by atoms with Crippen molar-refractivity contribution in [3.05, 3.63) is 65.7 Å². The highest BCUT2D eigenvalue weighted by atomic mass is 32.2. The maximum absolute atomic E-state index is 12.9. The lowest BCUT2D eigenvalue weighted by Gasteiger charge is -2.25. The number of rotatable bonds is 6.